The Morgan fingerprint density at radius 1 is 1.32 bits per heavy atom. The topological polar surface area (TPSA) is 42.0 Å². The predicted octanol–water partition coefficient (Wildman–Crippen LogP) is 4.25. The van der Waals surface area contributed by atoms with E-state index in [2.05, 4.69) is 31.1 Å². The minimum atomic E-state index is 0. The molecule has 0 atom stereocenters. The van der Waals surface area contributed by atoms with Gasteiger partial charge in [-0.25, -0.2) is 0 Å². The van der Waals surface area contributed by atoms with Crippen LogP contribution in [-0.2, 0) is 4.79 Å². The lowest BCUT2D eigenvalue weighted by Crippen LogP contribution is -2.15. The number of amides is 1. The van der Waals surface area contributed by atoms with E-state index in [9.17, 15) is 4.79 Å². The van der Waals surface area contributed by atoms with Crippen molar-refractivity contribution >= 4 is 22.5 Å². The molecule has 1 heterocycles. The number of carbonyl (C=O) groups is 1. The Morgan fingerprint density at radius 2 is 2.11 bits per heavy atom. The van der Waals surface area contributed by atoms with Crippen molar-refractivity contribution in [1.82, 2.24) is 4.98 Å². The SMILES string of the molecule is CC(C)(C)CCC(=O)Nc1ccc2cccnc2c1.[HH]. The Morgan fingerprint density at radius 3 is 2.84 bits per heavy atom. The van der Waals surface area contributed by atoms with Crippen molar-refractivity contribution in [3.63, 3.8) is 0 Å². The van der Waals surface area contributed by atoms with Gasteiger partial charge in [0, 0.05) is 25.1 Å². The molecular formula is C16H22N2O. The van der Waals surface area contributed by atoms with E-state index in [0.29, 0.717) is 6.42 Å². The van der Waals surface area contributed by atoms with Gasteiger partial charge in [-0.2, -0.15) is 0 Å². The number of pyridine rings is 1. The summed E-state index contributed by atoms with van der Waals surface area (Å²) in [7, 11) is 0. The maximum atomic E-state index is 11.9. The van der Waals surface area contributed by atoms with E-state index in [1.807, 2.05) is 30.3 Å². The van der Waals surface area contributed by atoms with Crippen molar-refractivity contribution in [2.24, 2.45) is 5.41 Å². The molecule has 0 fully saturated rings. The van der Waals surface area contributed by atoms with Crippen LogP contribution >= 0.6 is 0 Å². The molecule has 3 heteroatoms. The predicted molar refractivity (Wildman–Crippen MR) is 81.2 cm³/mol. The Kier molecular flexibility index (Phi) is 3.84. The first-order chi connectivity index (χ1) is 8.94. The van der Waals surface area contributed by atoms with Crippen LogP contribution in [-0.4, -0.2) is 10.9 Å². The lowest BCUT2D eigenvalue weighted by atomic mass is 9.90. The number of hydrogen-bond donors (Lipinski definition) is 1. The van der Waals surface area contributed by atoms with Crippen molar-refractivity contribution < 1.29 is 6.22 Å². The highest BCUT2D eigenvalue weighted by atomic mass is 16.1. The summed E-state index contributed by atoms with van der Waals surface area (Å²) < 4.78 is 0. The minimum absolute atomic E-state index is 0. The number of anilines is 1. The fourth-order valence-electron chi connectivity index (χ4n) is 1.86. The molecule has 0 spiro atoms. The van der Waals surface area contributed by atoms with Crippen LogP contribution in [0.15, 0.2) is 36.5 Å². The summed E-state index contributed by atoms with van der Waals surface area (Å²) in [5.41, 5.74) is 1.89. The number of rotatable bonds is 3. The molecule has 0 aliphatic rings. The summed E-state index contributed by atoms with van der Waals surface area (Å²) in [5, 5.41) is 4.01. The lowest BCUT2D eigenvalue weighted by Gasteiger charge is -2.17. The normalized spacial score (nSPS) is 11.5. The van der Waals surface area contributed by atoms with Crippen molar-refractivity contribution in [3.8, 4) is 0 Å². The van der Waals surface area contributed by atoms with Gasteiger partial charge < -0.3 is 5.32 Å². The molecule has 0 radical (unpaired) electrons. The summed E-state index contributed by atoms with van der Waals surface area (Å²) in [6.45, 7) is 6.42. The lowest BCUT2D eigenvalue weighted by molar-refractivity contribution is -0.116. The van der Waals surface area contributed by atoms with E-state index >= 15 is 0 Å². The molecule has 0 bridgehead atoms. The number of carbonyl (C=O) groups excluding carboxylic acids is 1. The van der Waals surface area contributed by atoms with Gasteiger partial charge in [-0.15, -0.1) is 0 Å². The number of benzene rings is 1. The van der Waals surface area contributed by atoms with E-state index in [0.717, 1.165) is 23.0 Å². The van der Waals surface area contributed by atoms with Crippen LogP contribution in [0.4, 0.5) is 5.69 Å². The van der Waals surface area contributed by atoms with Crippen molar-refractivity contribution in [3.05, 3.63) is 36.5 Å². The molecule has 1 aromatic heterocycles. The number of fused-ring (bicyclic) bond motifs is 1. The van der Waals surface area contributed by atoms with Crippen LogP contribution in [0.25, 0.3) is 10.9 Å². The molecule has 0 saturated heterocycles. The zero-order valence-corrected chi connectivity index (χ0v) is 11.7. The molecular weight excluding hydrogens is 236 g/mol. The number of aromatic nitrogens is 1. The zero-order valence-electron chi connectivity index (χ0n) is 11.7. The van der Waals surface area contributed by atoms with Gasteiger partial charge in [0.05, 0.1) is 5.52 Å². The quantitative estimate of drug-likeness (QED) is 0.894. The number of hydrogen-bond acceptors (Lipinski definition) is 2. The summed E-state index contributed by atoms with van der Waals surface area (Å²) >= 11 is 0. The molecule has 1 N–H and O–H groups in total. The first kappa shape index (κ1) is 13.5. The van der Waals surface area contributed by atoms with Crippen LogP contribution < -0.4 is 5.32 Å². The molecule has 19 heavy (non-hydrogen) atoms. The van der Waals surface area contributed by atoms with E-state index in [4.69, 9.17) is 0 Å². The molecule has 0 aliphatic heterocycles. The van der Waals surface area contributed by atoms with E-state index in [1.165, 1.54) is 0 Å². The van der Waals surface area contributed by atoms with Crippen LogP contribution in [0.3, 0.4) is 0 Å². The van der Waals surface area contributed by atoms with E-state index < -0.39 is 0 Å². The van der Waals surface area contributed by atoms with Gasteiger partial charge in [-0.05, 0) is 30.0 Å². The van der Waals surface area contributed by atoms with Crippen molar-refractivity contribution in [2.45, 2.75) is 33.6 Å². The molecule has 2 aromatic rings. The van der Waals surface area contributed by atoms with Gasteiger partial charge in [0.25, 0.3) is 0 Å². The standard InChI is InChI=1S/C16H20N2O.H2/c1-16(2,3)9-8-15(19)18-13-7-6-12-5-4-10-17-14(12)11-13;/h4-7,10-11H,8-9H2,1-3H3,(H,18,19);1H. The molecule has 1 amide bonds. The minimum Gasteiger partial charge on any atom is -0.326 e. The second-order valence-electron chi connectivity index (χ2n) is 6.02. The summed E-state index contributed by atoms with van der Waals surface area (Å²) in [6, 6.07) is 9.71. The highest BCUT2D eigenvalue weighted by Gasteiger charge is 2.13. The van der Waals surface area contributed by atoms with Crippen molar-refractivity contribution in [2.75, 3.05) is 5.32 Å². The first-order valence-electron chi connectivity index (χ1n) is 6.59. The smallest absolute Gasteiger partial charge is 0.224 e. The second kappa shape index (κ2) is 5.39. The summed E-state index contributed by atoms with van der Waals surface area (Å²) in [6.07, 6.45) is 3.18. The summed E-state index contributed by atoms with van der Waals surface area (Å²) in [4.78, 5) is 16.1. The number of nitrogens with one attached hydrogen (secondary N) is 1. The van der Waals surface area contributed by atoms with Crippen LogP contribution in [0.1, 0.15) is 35.0 Å². The molecule has 0 unspecified atom stereocenters. The molecule has 3 nitrogen and oxygen atoms in total. The van der Waals surface area contributed by atoms with Crippen LogP contribution in [0.2, 0.25) is 0 Å². The average Bonchev–Trinajstić information content (AvgIpc) is 2.35. The molecule has 0 saturated carbocycles. The first-order valence-corrected chi connectivity index (χ1v) is 6.59. The fraction of sp³-hybridized carbons (Fsp3) is 0.375. The van der Waals surface area contributed by atoms with Gasteiger partial charge in [-0.3, -0.25) is 9.78 Å². The zero-order chi connectivity index (χ0) is 13.9. The Labute approximate surface area is 115 Å². The third-order valence-corrected chi connectivity index (χ3v) is 2.99. The highest BCUT2D eigenvalue weighted by molar-refractivity contribution is 5.93. The molecule has 2 rings (SSSR count). The summed E-state index contributed by atoms with van der Waals surface area (Å²) in [5.74, 6) is 0.0604. The van der Waals surface area contributed by atoms with Gasteiger partial charge in [-0.1, -0.05) is 32.9 Å². The van der Waals surface area contributed by atoms with E-state index in [-0.39, 0.29) is 12.7 Å². The third kappa shape index (κ3) is 4.05. The largest absolute Gasteiger partial charge is 0.326 e. The van der Waals surface area contributed by atoms with Crippen molar-refractivity contribution in [1.29, 1.82) is 0 Å². The van der Waals surface area contributed by atoms with Gasteiger partial charge >= 0.3 is 0 Å². The monoisotopic (exact) mass is 258 g/mol. The maximum Gasteiger partial charge on any atom is 0.224 e. The Bertz CT molecular complexity index is 590. The Balaban J connectivity index is 0.00000200. The average molecular weight is 258 g/mol. The fourth-order valence-corrected chi connectivity index (χ4v) is 1.86. The maximum absolute atomic E-state index is 11.9. The highest BCUT2D eigenvalue weighted by Crippen LogP contribution is 2.21. The molecule has 102 valence electrons. The van der Waals surface area contributed by atoms with Gasteiger partial charge in [0.15, 0.2) is 0 Å². The van der Waals surface area contributed by atoms with Crippen LogP contribution in [0, 0.1) is 5.41 Å². The van der Waals surface area contributed by atoms with Crippen LogP contribution in [0.5, 0.6) is 0 Å². The number of nitrogens with zero attached hydrogens (tertiary/aromatic N) is 1. The van der Waals surface area contributed by atoms with Gasteiger partial charge in [0.1, 0.15) is 0 Å². The molecule has 1 aromatic carbocycles. The van der Waals surface area contributed by atoms with E-state index in [1.54, 1.807) is 6.20 Å². The Hall–Kier alpha value is -1.90. The third-order valence-electron chi connectivity index (χ3n) is 2.99. The second-order valence-corrected chi connectivity index (χ2v) is 6.02. The van der Waals surface area contributed by atoms with Gasteiger partial charge in [0.2, 0.25) is 5.91 Å². The molecule has 0 aliphatic carbocycles.